The lowest BCUT2D eigenvalue weighted by Crippen LogP contribution is -2.29. The van der Waals surface area contributed by atoms with Crippen LogP contribution in [0.3, 0.4) is 0 Å². The molecule has 1 rings (SSSR count). The van der Waals surface area contributed by atoms with Gasteiger partial charge in [0, 0.05) is 46.1 Å². The molecular formula is C15H26N2O2. The lowest BCUT2D eigenvalue weighted by molar-refractivity contribution is -0.0989. The molecule has 0 amide bonds. The first-order chi connectivity index (χ1) is 9.24. The largest absolute Gasteiger partial charge is 0.372 e. The maximum absolute atomic E-state index is 5.13. The Kier molecular flexibility index (Phi) is 7.48. The molecule has 4 nitrogen and oxygen atoms in total. The first-order valence-corrected chi connectivity index (χ1v) is 6.85. The maximum Gasteiger partial charge on any atom is 0.169 e. The minimum Gasteiger partial charge on any atom is -0.372 e. The predicted octanol–water partition coefficient (Wildman–Crippen LogP) is 2.24. The van der Waals surface area contributed by atoms with Crippen molar-refractivity contribution >= 4 is 5.69 Å². The molecule has 0 unspecified atom stereocenters. The molecule has 0 aliphatic heterocycles. The van der Waals surface area contributed by atoms with Crippen molar-refractivity contribution in [2.75, 3.05) is 38.8 Å². The molecule has 4 heteroatoms. The van der Waals surface area contributed by atoms with Crippen molar-refractivity contribution in [3.8, 4) is 0 Å². The lowest BCUT2D eigenvalue weighted by Gasteiger charge is -2.21. The van der Waals surface area contributed by atoms with Gasteiger partial charge in [0.1, 0.15) is 0 Å². The Labute approximate surface area is 116 Å². The third kappa shape index (κ3) is 5.19. The van der Waals surface area contributed by atoms with Gasteiger partial charge in [0.2, 0.25) is 0 Å². The highest BCUT2D eigenvalue weighted by atomic mass is 16.7. The van der Waals surface area contributed by atoms with Crippen molar-refractivity contribution in [1.82, 2.24) is 5.32 Å². The van der Waals surface area contributed by atoms with Gasteiger partial charge in [0.15, 0.2) is 6.29 Å². The van der Waals surface area contributed by atoms with Crippen molar-refractivity contribution < 1.29 is 9.47 Å². The summed E-state index contributed by atoms with van der Waals surface area (Å²) in [6.45, 7) is 7.94. The van der Waals surface area contributed by atoms with Crippen LogP contribution in [0.5, 0.6) is 0 Å². The van der Waals surface area contributed by atoms with E-state index in [1.165, 1.54) is 11.3 Å². The molecule has 0 radical (unpaired) electrons. The topological polar surface area (TPSA) is 33.7 Å². The van der Waals surface area contributed by atoms with Crippen molar-refractivity contribution in [1.29, 1.82) is 0 Å². The summed E-state index contributed by atoms with van der Waals surface area (Å²) in [6.07, 6.45) is -0.185. The number of hydrogen-bond acceptors (Lipinski definition) is 4. The predicted molar refractivity (Wildman–Crippen MR) is 79.5 cm³/mol. The molecule has 0 aliphatic rings. The van der Waals surface area contributed by atoms with Crippen LogP contribution < -0.4 is 10.2 Å². The number of benzene rings is 1. The van der Waals surface area contributed by atoms with Gasteiger partial charge < -0.3 is 19.7 Å². The van der Waals surface area contributed by atoms with E-state index in [4.69, 9.17) is 9.47 Å². The molecule has 108 valence electrons. The van der Waals surface area contributed by atoms with Crippen LogP contribution in [-0.4, -0.2) is 40.1 Å². The van der Waals surface area contributed by atoms with Gasteiger partial charge in [0.05, 0.1) is 0 Å². The Hall–Kier alpha value is -1.10. The fraction of sp³-hybridized carbons (Fsp3) is 0.600. The minimum absolute atomic E-state index is 0.185. The van der Waals surface area contributed by atoms with E-state index in [9.17, 15) is 0 Å². The monoisotopic (exact) mass is 266 g/mol. The highest BCUT2D eigenvalue weighted by molar-refractivity contribution is 5.47. The van der Waals surface area contributed by atoms with E-state index in [-0.39, 0.29) is 6.29 Å². The van der Waals surface area contributed by atoms with E-state index in [0.29, 0.717) is 6.54 Å². The van der Waals surface area contributed by atoms with E-state index in [1.54, 1.807) is 14.2 Å². The number of ether oxygens (including phenoxy) is 2. The van der Waals surface area contributed by atoms with Crippen LogP contribution in [0.1, 0.15) is 19.4 Å². The summed E-state index contributed by atoms with van der Waals surface area (Å²) >= 11 is 0. The number of nitrogens with one attached hydrogen (secondary N) is 1. The number of hydrogen-bond donors (Lipinski definition) is 1. The van der Waals surface area contributed by atoms with E-state index in [2.05, 4.69) is 48.3 Å². The molecule has 1 aromatic carbocycles. The molecule has 0 heterocycles. The smallest absolute Gasteiger partial charge is 0.169 e. The van der Waals surface area contributed by atoms with Crippen molar-refractivity contribution in [3.05, 3.63) is 29.8 Å². The fourth-order valence-corrected chi connectivity index (χ4v) is 2.01. The van der Waals surface area contributed by atoms with Gasteiger partial charge in [0.25, 0.3) is 0 Å². The molecule has 0 bridgehead atoms. The number of anilines is 1. The van der Waals surface area contributed by atoms with E-state index in [0.717, 1.165) is 19.6 Å². The van der Waals surface area contributed by atoms with Crippen molar-refractivity contribution in [2.24, 2.45) is 0 Å². The molecule has 19 heavy (non-hydrogen) atoms. The minimum atomic E-state index is -0.185. The number of methoxy groups -OCH3 is 2. The normalized spacial score (nSPS) is 11.0. The SMILES string of the molecule is CCN(CC)c1ccc(CNCC(OC)OC)cc1. The maximum atomic E-state index is 5.13. The Morgan fingerprint density at radius 3 is 2.11 bits per heavy atom. The van der Waals surface area contributed by atoms with Gasteiger partial charge in [-0.15, -0.1) is 0 Å². The van der Waals surface area contributed by atoms with Crippen molar-refractivity contribution in [2.45, 2.75) is 26.7 Å². The van der Waals surface area contributed by atoms with E-state index >= 15 is 0 Å². The summed E-state index contributed by atoms with van der Waals surface area (Å²) in [5.74, 6) is 0. The van der Waals surface area contributed by atoms with Crippen molar-refractivity contribution in [3.63, 3.8) is 0 Å². The van der Waals surface area contributed by atoms with Crippen LogP contribution >= 0.6 is 0 Å². The second-order valence-corrected chi connectivity index (χ2v) is 4.37. The quantitative estimate of drug-likeness (QED) is 0.695. The Balaban J connectivity index is 2.44. The average molecular weight is 266 g/mol. The molecule has 0 atom stereocenters. The van der Waals surface area contributed by atoms with Crippen LogP contribution in [0.4, 0.5) is 5.69 Å². The molecular weight excluding hydrogens is 240 g/mol. The third-order valence-electron chi connectivity index (χ3n) is 3.23. The zero-order chi connectivity index (χ0) is 14.1. The molecule has 0 fully saturated rings. The summed E-state index contributed by atoms with van der Waals surface area (Å²) in [5, 5.41) is 3.32. The second-order valence-electron chi connectivity index (χ2n) is 4.37. The first kappa shape index (κ1) is 16.0. The molecule has 0 aromatic heterocycles. The summed E-state index contributed by atoms with van der Waals surface area (Å²) < 4.78 is 10.3. The van der Waals surface area contributed by atoms with E-state index < -0.39 is 0 Å². The molecule has 1 aromatic rings. The lowest BCUT2D eigenvalue weighted by atomic mass is 10.2. The zero-order valence-corrected chi connectivity index (χ0v) is 12.5. The van der Waals surface area contributed by atoms with Gasteiger partial charge in [-0.2, -0.15) is 0 Å². The van der Waals surface area contributed by atoms with Gasteiger partial charge >= 0.3 is 0 Å². The van der Waals surface area contributed by atoms with Crippen LogP contribution in [-0.2, 0) is 16.0 Å². The zero-order valence-electron chi connectivity index (χ0n) is 12.5. The van der Waals surface area contributed by atoms with Crippen LogP contribution in [0.2, 0.25) is 0 Å². The molecule has 0 saturated heterocycles. The number of rotatable bonds is 9. The molecule has 0 aliphatic carbocycles. The number of nitrogens with zero attached hydrogens (tertiary/aromatic N) is 1. The fourth-order valence-electron chi connectivity index (χ4n) is 2.01. The Morgan fingerprint density at radius 1 is 1.05 bits per heavy atom. The third-order valence-corrected chi connectivity index (χ3v) is 3.23. The molecule has 0 saturated carbocycles. The Bertz CT molecular complexity index is 333. The standard InChI is InChI=1S/C15H26N2O2/c1-5-17(6-2)14-9-7-13(8-10-14)11-16-12-15(18-3)19-4/h7-10,15-16H,5-6,11-12H2,1-4H3. The van der Waals surface area contributed by atoms with Gasteiger partial charge in [-0.1, -0.05) is 12.1 Å². The summed E-state index contributed by atoms with van der Waals surface area (Å²) in [6, 6.07) is 8.67. The van der Waals surface area contributed by atoms with Gasteiger partial charge in [-0.3, -0.25) is 0 Å². The summed E-state index contributed by atoms with van der Waals surface area (Å²) in [5.41, 5.74) is 2.54. The highest BCUT2D eigenvalue weighted by Gasteiger charge is 2.04. The summed E-state index contributed by atoms with van der Waals surface area (Å²) in [7, 11) is 3.30. The Morgan fingerprint density at radius 2 is 1.63 bits per heavy atom. The second kappa shape index (κ2) is 8.91. The first-order valence-electron chi connectivity index (χ1n) is 6.85. The highest BCUT2D eigenvalue weighted by Crippen LogP contribution is 2.14. The van der Waals surface area contributed by atoms with Gasteiger partial charge in [-0.25, -0.2) is 0 Å². The van der Waals surface area contributed by atoms with E-state index in [1.807, 2.05) is 0 Å². The van der Waals surface area contributed by atoms with Crippen LogP contribution in [0, 0.1) is 0 Å². The van der Waals surface area contributed by atoms with Crippen LogP contribution in [0.15, 0.2) is 24.3 Å². The molecule has 1 N–H and O–H groups in total. The molecule has 0 spiro atoms. The summed E-state index contributed by atoms with van der Waals surface area (Å²) in [4.78, 5) is 2.34. The van der Waals surface area contributed by atoms with Crippen LogP contribution in [0.25, 0.3) is 0 Å². The average Bonchev–Trinajstić information content (AvgIpc) is 2.46. The van der Waals surface area contributed by atoms with Gasteiger partial charge in [-0.05, 0) is 31.5 Å².